The molecule has 0 radical (unpaired) electrons. The molecule has 0 saturated carbocycles. The first-order chi connectivity index (χ1) is 8.42. The van der Waals surface area contributed by atoms with E-state index < -0.39 is 10.1 Å². The maximum atomic E-state index is 10.4. The van der Waals surface area contributed by atoms with E-state index in [1.165, 1.54) is 0 Å². The van der Waals surface area contributed by atoms with E-state index in [9.17, 15) is 8.42 Å². The highest BCUT2D eigenvalue weighted by Crippen LogP contribution is 2.09. The topological polar surface area (TPSA) is 119 Å². The van der Waals surface area contributed by atoms with E-state index in [2.05, 4.69) is 4.99 Å². The summed E-state index contributed by atoms with van der Waals surface area (Å²) in [4.78, 5) is 3.90. The Labute approximate surface area is 110 Å². The van der Waals surface area contributed by atoms with Crippen molar-refractivity contribution in [1.29, 1.82) is 0 Å². The lowest BCUT2D eigenvalue weighted by Gasteiger charge is -2.01. The van der Waals surface area contributed by atoms with Gasteiger partial charge in [-0.05, 0) is 12.8 Å². The average molecular weight is 279 g/mol. The molecule has 0 bridgehead atoms. The molecule has 0 saturated heterocycles. The van der Waals surface area contributed by atoms with E-state index in [4.69, 9.17) is 16.0 Å². The zero-order chi connectivity index (χ0) is 13.9. The molecule has 0 aliphatic heterocycles. The molecule has 0 aliphatic rings. The number of rotatable bonds is 11. The van der Waals surface area contributed by atoms with Gasteiger partial charge in [0.25, 0.3) is 10.1 Å². The average Bonchev–Trinajstić information content (AvgIpc) is 2.24. The minimum Gasteiger partial charge on any atom is -0.370 e. The Bertz CT molecular complexity index is 324. The third kappa shape index (κ3) is 15.2. The Morgan fingerprint density at radius 3 is 1.78 bits per heavy atom. The summed E-state index contributed by atoms with van der Waals surface area (Å²) in [5.74, 6) is 0.0275. The molecule has 0 rings (SSSR count). The molecule has 0 aromatic heterocycles. The molecule has 0 unspecified atom stereocenters. The number of aliphatic imine (C=N–C) groups is 1. The van der Waals surface area contributed by atoms with Crippen LogP contribution in [-0.4, -0.2) is 31.2 Å². The molecule has 0 aromatic rings. The van der Waals surface area contributed by atoms with Crippen LogP contribution in [0.5, 0.6) is 0 Å². The van der Waals surface area contributed by atoms with Crippen LogP contribution in [-0.2, 0) is 10.1 Å². The third-order valence-electron chi connectivity index (χ3n) is 2.60. The van der Waals surface area contributed by atoms with Crippen LogP contribution in [0.15, 0.2) is 4.99 Å². The first-order valence-electron chi connectivity index (χ1n) is 6.42. The lowest BCUT2D eigenvalue weighted by molar-refractivity contribution is 0.478. The van der Waals surface area contributed by atoms with Crippen molar-refractivity contribution in [3.63, 3.8) is 0 Å². The Kier molecular flexibility index (Phi) is 9.67. The summed E-state index contributed by atoms with van der Waals surface area (Å²) in [6.07, 6.45) is 7.93. The van der Waals surface area contributed by atoms with E-state index >= 15 is 0 Å². The minimum absolute atomic E-state index is 0.120. The Morgan fingerprint density at radius 1 is 0.889 bits per heavy atom. The van der Waals surface area contributed by atoms with Gasteiger partial charge in [-0.15, -0.1) is 0 Å². The lowest BCUT2D eigenvalue weighted by Crippen LogP contribution is -2.22. The zero-order valence-corrected chi connectivity index (χ0v) is 11.7. The van der Waals surface area contributed by atoms with Crippen molar-refractivity contribution in [3.05, 3.63) is 0 Å². The van der Waals surface area contributed by atoms with Gasteiger partial charge in [-0.2, -0.15) is 8.42 Å². The summed E-state index contributed by atoms with van der Waals surface area (Å²) in [6.45, 7) is 0.691. The molecule has 5 N–H and O–H groups in total. The van der Waals surface area contributed by atoms with Gasteiger partial charge in [0.2, 0.25) is 0 Å². The molecule has 6 nitrogen and oxygen atoms in total. The van der Waals surface area contributed by atoms with Crippen LogP contribution in [0.3, 0.4) is 0 Å². The summed E-state index contributed by atoms with van der Waals surface area (Å²) in [5.41, 5.74) is 10.4. The zero-order valence-electron chi connectivity index (χ0n) is 10.8. The molecule has 0 atom stereocenters. The van der Waals surface area contributed by atoms with Crippen LogP contribution in [0.2, 0.25) is 0 Å². The SMILES string of the molecule is NC(N)=NCCCCCCCCCCS(=O)(=O)O. The lowest BCUT2D eigenvalue weighted by atomic mass is 10.1. The maximum Gasteiger partial charge on any atom is 0.264 e. The fourth-order valence-corrected chi connectivity index (χ4v) is 2.23. The van der Waals surface area contributed by atoms with E-state index in [0.717, 1.165) is 44.9 Å². The number of hydrogen-bond donors (Lipinski definition) is 3. The quantitative estimate of drug-likeness (QED) is 0.228. The van der Waals surface area contributed by atoms with E-state index in [0.29, 0.717) is 13.0 Å². The standard InChI is InChI=1S/C11H25N3O3S/c12-11(13)14-9-7-5-3-1-2-4-6-8-10-18(15,16)17/h1-10H2,(H4,12,13,14)(H,15,16,17). The van der Waals surface area contributed by atoms with Crippen LogP contribution < -0.4 is 11.5 Å². The number of guanidine groups is 1. The molecule has 0 spiro atoms. The Morgan fingerprint density at radius 2 is 1.33 bits per heavy atom. The van der Waals surface area contributed by atoms with Gasteiger partial charge in [-0.25, -0.2) is 0 Å². The second-order valence-corrected chi connectivity index (χ2v) is 5.99. The fraction of sp³-hybridized carbons (Fsp3) is 0.909. The van der Waals surface area contributed by atoms with Gasteiger partial charge >= 0.3 is 0 Å². The molecular formula is C11H25N3O3S. The molecule has 18 heavy (non-hydrogen) atoms. The van der Waals surface area contributed by atoms with E-state index in [1.54, 1.807) is 0 Å². The van der Waals surface area contributed by atoms with Crippen LogP contribution in [0.25, 0.3) is 0 Å². The van der Waals surface area contributed by atoms with Gasteiger partial charge < -0.3 is 11.5 Å². The fourth-order valence-electron chi connectivity index (χ4n) is 1.67. The number of unbranched alkanes of at least 4 members (excludes halogenated alkanes) is 7. The first kappa shape index (κ1) is 17.2. The molecular weight excluding hydrogens is 254 g/mol. The Hall–Kier alpha value is -0.820. The van der Waals surface area contributed by atoms with Crippen molar-refractivity contribution >= 4 is 16.1 Å². The number of hydrogen-bond acceptors (Lipinski definition) is 3. The van der Waals surface area contributed by atoms with Gasteiger partial charge in [0, 0.05) is 6.54 Å². The van der Waals surface area contributed by atoms with Crippen molar-refractivity contribution in [2.24, 2.45) is 16.5 Å². The van der Waals surface area contributed by atoms with Gasteiger partial charge in [-0.3, -0.25) is 9.55 Å². The minimum atomic E-state index is -3.77. The highest BCUT2D eigenvalue weighted by atomic mass is 32.2. The van der Waals surface area contributed by atoms with E-state index in [-0.39, 0.29) is 11.7 Å². The maximum absolute atomic E-state index is 10.4. The molecule has 0 aliphatic carbocycles. The smallest absolute Gasteiger partial charge is 0.264 e. The van der Waals surface area contributed by atoms with Crippen LogP contribution in [0, 0.1) is 0 Å². The first-order valence-corrected chi connectivity index (χ1v) is 8.03. The van der Waals surface area contributed by atoms with Gasteiger partial charge in [-0.1, -0.05) is 38.5 Å². The van der Waals surface area contributed by atoms with Gasteiger partial charge in [0.05, 0.1) is 5.75 Å². The Balaban J connectivity index is 3.15. The highest BCUT2D eigenvalue weighted by Gasteiger charge is 2.02. The second kappa shape index (κ2) is 10.1. The summed E-state index contributed by atoms with van der Waals surface area (Å²) in [7, 11) is -3.77. The molecule has 0 amide bonds. The van der Waals surface area contributed by atoms with Crippen LogP contribution in [0.1, 0.15) is 51.4 Å². The highest BCUT2D eigenvalue weighted by molar-refractivity contribution is 7.85. The van der Waals surface area contributed by atoms with Crippen LogP contribution >= 0.6 is 0 Å². The predicted molar refractivity (Wildman–Crippen MR) is 74.0 cm³/mol. The second-order valence-electron chi connectivity index (χ2n) is 4.42. The summed E-state index contributed by atoms with van der Waals surface area (Å²) < 4.78 is 29.4. The normalized spacial score (nSPS) is 11.4. The molecule has 108 valence electrons. The molecule has 0 aromatic carbocycles. The number of nitrogens with two attached hydrogens (primary N) is 2. The van der Waals surface area contributed by atoms with Crippen molar-refractivity contribution in [1.82, 2.24) is 0 Å². The van der Waals surface area contributed by atoms with Crippen molar-refractivity contribution in [2.75, 3.05) is 12.3 Å². The summed E-state index contributed by atoms with van der Waals surface area (Å²) >= 11 is 0. The number of nitrogens with zero attached hydrogens (tertiary/aromatic N) is 1. The van der Waals surface area contributed by atoms with Gasteiger partial charge in [0.1, 0.15) is 0 Å². The molecule has 7 heteroatoms. The monoisotopic (exact) mass is 279 g/mol. The van der Waals surface area contributed by atoms with Crippen molar-refractivity contribution < 1.29 is 13.0 Å². The molecule has 0 fully saturated rings. The summed E-state index contributed by atoms with van der Waals surface area (Å²) in [5, 5.41) is 0. The largest absolute Gasteiger partial charge is 0.370 e. The van der Waals surface area contributed by atoms with Crippen molar-refractivity contribution in [2.45, 2.75) is 51.4 Å². The summed E-state index contributed by atoms with van der Waals surface area (Å²) in [6, 6.07) is 0. The van der Waals surface area contributed by atoms with E-state index in [1.807, 2.05) is 0 Å². The van der Waals surface area contributed by atoms with Gasteiger partial charge in [0.15, 0.2) is 5.96 Å². The predicted octanol–water partition coefficient (Wildman–Crippen LogP) is 1.27. The third-order valence-corrected chi connectivity index (χ3v) is 3.41. The van der Waals surface area contributed by atoms with Crippen molar-refractivity contribution in [3.8, 4) is 0 Å². The molecule has 0 heterocycles. The van der Waals surface area contributed by atoms with Crippen LogP contribution in [0.4, 0.5) is 0 Å².